The smallest absolute Gasteiger partial charge is 0.107 e. The highest BCUT2D eigenvalue weighted by molar-refractivity contribution is 7.97. The number of hydrogen-bond donors (Lipinski definition) is 1. The summed E-state index contributed by atoms with van der Waals surface area (Å²) < 4.78 is 11.2. The van der Waals surface area contributed by atoms with E-state index in [1.807, 2.05) is 32.2 Å². The predicted molar refractivity (Wildman–Crippen MR) is 112 cm³/mol. The number of ether oxygens (including phenoxy) is 1. The molecule has 3 rings (SSSR count). The third-order valence-corrected chi connectivity index (χ3v) is 5.28. The minimum atomic E-state index is 0.264. The van der Waals surface area contributed by atoms with E-state index in [1.54, 1.807) is 18.1 Å². The molecule has 0 amide bonds. The Labute approximate surface area is 165 Å². The fraction of sp³-hybridized carbons (Fsp3) is 0.333. The highest BCUT2D eigenvalue weighted by atomic mass is 32.2. The van der Waals surface area contributed by atoms with Crippen molar-refractivity contribution < 1.29 is 4.74 Å². The van der Waals surface area contributed by atoms with Gasteiger partial charge in [-0.3, -0.25) is 9.71 Å². The van der Waals surface area contributed by atoms with Crippen LogP contribution < -0.4 is 4.72 Å². The molecule has 3 aromatic rings. The third-order valence-electron chi connectivity index (χ3n) is 4.32. The molecular formula is C21H26N4OS. The van der Waals surface area contributed by atoms with Gasteiger partial charge in [-0.25, -0.2) is 4.98 Å². The second kappa shape index (κ2) is 9.69. The Hall–Kier alpha value is -2.15. The fourth-order valence-electron chi connectivity index (χ4n) is 2.90. The zero-order valence-corrected chi connectivity index (χ0v) is 16.7. The Bertz CT molecular complexity index is 876. The lowest BCUT2D eigenvalue weighted by Gasteiger charge is -2.16. The maximum absolute atomic E-state index is 5.52. The van der Waals surface area contributed by atoms with Crippen LogP contribution in [0.25, 0.3) is 11.0 Å². The molecule has 1 N–H and O–H groups in total. The Balaban J connectivity index is 1.63. The molecule has 0 spiro atoms. The predicted octanol–water partition coefficient (Wildman–Crippen LogP) is 4.37. The molecule has 0 radical (unpaired) electrons. The molecule has 0 aliphatic rings. The third kappa shape index (κ3) is 5.19. The quantitative estimate of drug-likeness (QED) is 0.417. The van der Waals surface area contributed by atoms with E-state index in [0.717, 1.165) is 36.4 Å². The molecule has 2 aromatic heterocycles. The number of nitrogens with zero attached hydrogens (tertiary/aromatic N) is 3. The lowest BCUT2D eigenvalue weighted by Crippen LogP contribution is -2.27. The van der Waals surface area contributed by atoms with E-state index in [9.17, 15) is 0 Å². The number of aryl methyl sites for hydroxylation is 1. The number of hydrogen-bond acceptors (Lipinski definition) is 5. The van der Waals surface area contributed by atoms with E-state index in [4.69, 9.17) is 4.74 Å². The molecule has 0 bridgehead atoms. The second-order valence-corrected chi connectivity index (χ2v) is 7.27. The van der Waals surface area contributed by atoms with Crippen LogP contribution in [0.15, 0.2) is 60.3 Å². The van der Waals surface area contributed by atoms with Gasteiger partial charge in [0.2, 0.25) is 0 Å². The van der Waals surface area contributed by atoms with Gasteiger partial charge < -0.3 is 9.30 Å². The van der Waals surface area contributed by atoms with Crippen molar-refractivity contribution in [3.8, 4) is 0 Å². The topological polar surface area (TPSA) is 52.0 Å². The van der Waals surface area contributed by atoms with E-state index in [1.165, 1.54) is 10.5 Å². The summed E-state index contributed by atoms with van der Waals surface area (Å²) in [6.45, 7) is 10.1. The molecule has 0 aliphatic carbocycles. The summed E-state index contributed by atoms with van der Waals surface area (Å²) in [5, 5.41) is 0. The van der Waals surface area contributed by atoms with Crippen molar-refractivity contribution in [1.82, 2.24) is 19.3 Å². The van der Waals surface area contributed by atoms with Crippen molar-refractivity contribution >= 4 is 23.0 Å². The molecule has 0 fully saturated rings. The van der Waals surface area contributed by atoms with E-state index >= 15 is 0 Å². The van der Waals surface area contributed by atoms with E-state index in [0.29, 0.717) is 6.61 Å². The zero-order chi connectivity index (χ0) is 19.1. The largest absolute Gasteiger partial charge is 0.380 e. The summed E-state index contributed by atoms with van der Waals surface area (Å²) >= 11 is 1.63. The van der Waals surface area contributed by atoms with Crippen LogP contribution in [0, 0.1) is 6.92 Å². The standard InChI is InChI=1S/C21H26N4OS/c1-4-6-18(15-26-5-2)24-27-19-9-7-17(8-10-19)14-25-16(3)23-20-11-12-22-13-21(20)25/h4,7-13,18,24H,1,5-6,14-15H2,2-3H3. The van der Waals surface area contributed by atoms with E-state index in [2.05, 4.69) is 50.1 Å². The zero-order valence-electron chi connectivity index (χ0n) is 15.9. The van der Waals surface area contributed by atoms with Gasteiger partial charge in [-0.1, -0.05) is 18.2 Å². The van der Waals surface area contributed by atoms with Gasteiger partial charge in [0, 0.05) is 30.3 Å². The van der Waals surface area contributed by atoms with Gasteiger partial charge in [0.1, 0.15) is 5.82 Å². The first-order chi connectivity index (χ1) is 13.2. The van der Waals surface area contributed by atoms with Crippen LogP contribution in [-0.2, 0) is 11.3 Å². The molecule has 6 heteroatoms. The van der Waals surface area contributed by atoms with Crippen molar-refractivity contribution in [2.45, 2.75) is 37.8 Å². The van der Waals surface area contributed by atoms with Crippen LogP contribution in [0.3, 0.4) is 0 Å². The average molecular weight is 383 g/mol. The molecule has 2 heterocycles. The van der Waals surface area contributed by atoms with Gasteiger partial charge in [-0.05, 0) is 56.0 Å². The molecule has 0 saturated carbocycles. The molecule has 5 nitrogen and oxygen atoms in total. The van der Waals surface area contributed by atoms with Gasteiger partial charge >= 0.3 is 0 Å². The lowest BCUT2D eigenvalue weighted by atomic mass is 10.2. The van der Waals surface area contributed by atoms with Gasteiger partial charge in [-0.15, -0.1) is 6.58 Å². The van der Waals surface area contributed by atoms with Gasteiger partial charge in [0.15, 0.2) is 0 Å². The van der Waals surface area contributed by atoms with Crippen LogP contribution in [0.5, 0.6) is 0 Å². The molecule has 142 valence electrons. The molecule has 27 heavy (non-hydrogen) atoms. The van der Waals surface area contributed by atoms with Crippen LogP contribution >= 0.6 is 11.9 Å². The summed E-state index contributed by atoms with van der Waals surface area (Å²) in [5.41, 5.74) is 3.29. The van der Waals surface area contributed by atoms with E-state index in [-0.39, 0.29) is 6.04 Å². The Kier molecular flexibility index (Phi) is 7.04. The average Bonchev–Trinajstić information content (AvgIpc) is 3.00. The fourth-order valence-corrected chi connectivity index (χ4v) is 3.64. The first-order valence-corrected chi connectivity index (χ1v) is 9.99. The van der Waals surface area contributed by atoms with Gasteiger partial charge in [0.05, 0.1) is 23.8 Å². The van der Waals surface area contributed by atoms with Crippen LogP contribution in [0.2, 0.25) is 0 Å². The lowest BCUT2D eigenvalue weighted by molar-refractivity contribution is 0.130. The molecule has 0 saturated heterocycles. The Morgan fingerprint density at radius 3 is 2.85 bits per heavy atom. The summed E-state index contributed by atoms with van der Waals surface area (Å²) in [7, 11) is 0. The minimum absolute atomic E-state index is 0.264. The van der Waals surface area contributed by atoms with Crippen molar-refractivity contribution in [2.24, 2.45) is 0 Å². The summed E-state index contributed by atoms with van der Waals surface area (Å²) in [4.78, 5) is 10.0. The van der Waals surface area contributed by atoms with Crippen molar-refractivity contribution in [3.05, 3.63) is 66.8 Å². The monoisotopic (exact) mass is 382 g/mol. The highest BCUT2D eigenvalue weighted by Gasteiger charge is 2.09. The first kappa shape index (κ1) is 19.6. The summed E-state index contributed by atoms with van der Waals surface area (Å²) in [6, 6.07) is 10.8. The molecule has 1 aromatic carbocycles. The first-order valence-electron chi connectivity index (χ1n) is 9.18. The summed E-state index contributed by atoms with van der Waals surface area (Å²) in [5.74, 6) is 1.00. The maximum Gasteiger partial charge on any atom is 0.107 e. The number of imidazole rings is 1. The van der Waals surface area contributed by atoms with Crippen LogP contribution in [0.4, 0.5) is 0 Å². The van der Waals surface area contributed by atoms with Crippen LogP contribution in [-0.4, -0.2) is 33.8 Å². The number of rotatable bonds is 10. The normalized spacial score (nSPS) is 12.4. The molecule has 1 atom stereocenters. The number of benzene rings is 1. The van der Waals surface area contributed by atoms with Crippen molar-refractivity contribution in [3.63, 3.8) is 0 Å². The number of nitrogens with one attached hydrogen (secondary N) is 1. The van der Waals surface area contributed by atoms with E-state index < -0.39 is 0 Å². The van der Waals surface area contributed by atoms with Crippen molar-refractivity contribution in [2.75, 3.05) is 13.2 Å². The SMILES string of the molecule is C=CCC(COCC)NSc1ccc(Cn2c(C)nc3ccncc32)cc1. The van der Waals surface area contributed by atoms with Crippen LogP contribution in [0.1, 0.15) is 24.7 Å². The Morgan fingerprint density at radius 2 is 2.11 bits per heavy atom. The minimum Gasteiger partial charge on any atom is -0.380 e. The number of aromatic nitrogens is 3. The number of fused-ring (bicyclic) bond motifs is 1. The number of pyridine rings is 1. The Morgan fingerprint density at radius 1 is 1.30 bits per heavy atom. The second-order valence-electron chi connectivity index (χ2n) is 6.35. The molecule has 0 aliphatic heterocycles. The van der Waals surface area contributed by atoms with Gasteiger partial charge in [0.25, 0.3) is 0 Å². The molecule has 1 unspecified atom stereocenters. The van der Waals surface area contributed by atoms with Crippen molar-refractivity contribution in [1.29, 1.82) is 0 Å². The maximum atomic E-state index is 5.52. The van der Waals surface area contributed by atoms with Gasteiger partial charge in [-0.2, -0.15) is 0 Å². The highest BCUT2D eigenvalue weighted by Crippen LogP contribution is 2.20. The summed E-state index contributed by atoms with van der Waals surface area (Å²) in [6.07, 6.45) is 6.46. The molecular weight excluding hydrogens is 356 g/mol.